The summed E-state index contributed by atoms with van der Waals surface area (Å²) in [5, 5.41) is 0. The van der Waals surface area contributed by atoms with Crippen LogP contribution in [-0.2, 0) is 6.42 Å². The number of para-hydroxylation sites is 1. The minimum absolute atomic E-state index is 0.696. The second kappa shape index (κ2) is 4.06. The van der Waals surface area contributed by atoms with Crippen LogP contribution in [0.3, 0.4) is 0 Å². The van der Waals surface area contributed by atoms with Crippen molar-refractivity contribution in [3.05, 3.63) is 54.1 Å². The number of rotatable bonds is 2. The van der Waals surface area contributed by atoms with Crippen molar-refractivity contribution in [3.8, 4) is 11.5 Å². The molecule has 0 saturated heterocycles. The predicted octanol–water partition coefficient (Wildman–Crippen LogP) is 4.06. The van der Waals surface area contributed by atoms with E-state index in [1.807, 2.05) is 42.5 Å². The molecule has 2 heteroatoms. The predicted molar refractivity (Wildman–Crippen MR) is 68.8 cm³/mol. The van der Waals surface area contributed by atoms with Crippen LogP contribution in [0.25, 0.3) is 22.6 Å². The van der Waals surface area contributed by atoms with Gasteiger partial charge in [-0.05, 0) is 30.2 Å². The maximum atomic E-state index is 5.86. The maximum absolute atomic E-state index is 5.86. The van der Waals surface area contributed by atoms with E-state index in [0.29, 0.717) is 5.89 Å². The molecule has 1 aromatic heterocycles. The van der Waals surface area contributed by atoms with Gasteiger partial charge in [-0.3, -0.25) is 0 Å². The van der Waals surface area contributed by atoms with E-state index in [1.54, 1.807) is 0 Å². The molecule has 0 aliphatic heterocycles. The molecule has 0 amide bonds. The Bertz CT molecular complexity index is 640. The molecule has 3 aromatic rings. The zero-order valence-corrected chi connectivity index (χ0v) is 9.68. The van der Waals surface area contributed by atoms with Gasteiger partial charge in [0, 0.05) is 5.56 Å². The Morgan fingerprint density at radius 1 is 1.00 bits per heavy atom. The van der Waals surface area contributed by atoms with Gasteiger partial charge >= 0.3 is 0 Å². The first kappa shape index (κ1) is 10.1. The lowest BCUT2D eigenvalue weighted by Crippen LogP contribution is -1.79. The maximum Gasteiger partial charge on any atom is 0.227 e. The van der Waals surface area contributed by atoms with Crippen molar-refractivity contribution in [1.29, 1.82) is 0 Å². The quantitative estimate of drug-likeness (QED) is 0.654. The van der Waals surface area contributed by atoms with Gasteiger partial charge in [-0.25, -0.2) is 4.98 Å². The van der Waals surface area contributed by atoms with Crippen molar-refractivity contribution in [1.82, 2.24) is 4.98 Å². The van der Waals surface area contributed by atoms with Gasteiger partial charge in [-0.15, -0.1) is 0 Å². The molecular formula is C15H13NO. The van der Waals surface area contributed by atoms with Crippen LogP contribution >= 0.6 is 0 Å². The van der Waals surface area contributed by atoms with Crippen LogP contribution in [0.1, 0.15) is 12.5 Å². The van der Waals surface area contributed by atoms with Crippen molar-refractivity contribution >= 4 is 11.1 Å². The van der Waals surface area contributed by atoms with Gasteiger partial charge in [-0.1, -0.05) is 37.3 Å². The summed E-state index contributed by atoms with van der Waals surface area (Å²) in [5.74, 6) is 0.696. The number of oxazole rings is 1. The van der Waals surface area contributed by atoms with E-state index in [2.05, 4.69) is 18.0 Å². The summed E-state index contributed by atoms with van der Waals surface area (Å²) in [6.45, 7) is 2.12. The van der Waals surface area contributed by atoms with Crippen molar-refractivity contribution < 1.29 is 4.42 Å². The molecule has 2 nitrogen and oxygen atoms in total. The largest absolute Gasteiger partial charge is 0.436 e. The van der Waals surface area contributed by atoms with Gasteiger partial charge in [-0.2, -0.15) is 0 Å². The summed E-state index contributed by atoms with van der Waals surface area (Å²) in [7, 11) is 0. The highest BCUT2D eigenvalue weighted by Gasteiger charge is 2.09. The Hall–Kier alpha value is -2.09. The third kappa shape index (κ3) is 1.72. The summed E-state index contributed by atoms with van der Waals surface area (Å²) < 4.78 is 5.86. The number of aryl methyl sites for hydroxylation is 1. The van der Waals surface area contributed by atoms with Crippen LogP contribution in [0.5, 0.6) is 0 Å². The SMILES string of the molecule is CCc1cccc2nc(-c3ccccc3)oc12. The van der Waals surface area contributed by atoms with Gasteiger partial charge in [0.25, 0.3) is 0 Å². The molecule has 0 N–H and O–H groups in total. The number of benzene rings is 2. The topological polar surface area (TPSA) is 26.0 Å². The molecule has 0 unspecified atom stereocenters. The van der Waals surface area contributed by atoms with Crippen LogP contribution in [0.15, 0.2) is 52.9 Å². The van der Waals surface area contributed by atoms with E-state index >= 15 is 0 Å². The van der Waals surface area contributed by atoms with Crippen molar-refractivity contribution in [2.24, 2.45) is 0 Å². The van der Waals surface area contributed by atoms with Gasteiger partial charge < -0.3 is 4.42 Å². The number of aromatic nitrogens is 1. The molecule has 3 rings (SSSR count). The number of nitrogens with zero attached hydrogens (tertiary/aromatic N) is 1. The molecule has 0 aliphatic carbocycles. The smallest absolute Gasteiger partial charge is 0.227 e. The highest BCUT2D eigenvalue weighted by Crippen LogP contribution is 2.26. The summed E-state index contributed by atoms with van der Waals surface area (Å²) in [5.41, 5.74) is 4.07. The lowest BCUT2D eigenvalue weighted by atomic mass is 10.1. The average molecular weight is 223 g/mol. The van der Waals surface area contributed by atoms with Crippen LogP contribution in [0.4, 0.5) is 0 Å². The van der Waals surface area contributed by atoms with E-state index in [9.17, 15) is 0 Å². The molecule has 0 fully saturated rings. The molecule has 84 valence electrons. The van der Waals surface area contributed by atoms with E-state index in [4.69, 9.17) is 4.42 Å². The zero-order valence-electron chi connectivity index (χ0n) is 9.68. The fourth-order valence-corrected chi connectivity index (χ4v) is 1.99. The van der Waals surface area contributed by atoms with Crippen molar-refractivity contribution in [2.75, 3.05) is 0 Å². The van der Waals surface area contributed by atoms with E-state index in [1.165, 1.54) is 5.56 Å². The number of fused-ring (bicyclic) bond motifs is 1. The summed E-state index contributed by atoms with van der Waals surface area (Å²) >= 11 is 0. The Morgan fingerprint density at radius 2 is 1.82 bits per heavy atom. The Kier molecular flexibility index (Phi) is 2.41. The summed E-state index contributed by atoms with van der Waals surface area (Å²) in [6, 6.07) is 16.1. The lowest BCUT2D eigenvalue weighted by Gasteiger charge is -1.95. The van der Waals surface area contributed by atoms with E-state index in [-0.39, 0.29) is 0 Å². The molecule has 0 aliphatic rings. The Morgan fingerprint density at radius 3 is 2.59 bits per heavy atom. The minimum Gasteiger partial charge on any atom is -0.436 e. The number of hydrogen-bond acceptors (Lipinski definition) is 2. The van der Waals surface area contributed by atoms with Gasteiger partial charge in [0.1, 0.15) is 5.52 Å². The second-order valence-electron chi connectivity index (χ2n) is 4.00. The van der Waals surface area contributed by atoms with Crippen LogP contribution in [-0.4, -0.2) is 4.98 Å². The molecular weight excluding hydrogens is 210 g/mol. The average Bonchev–Trinajstić information content (AvgIpc) is 2.83. The molecule has 0 bridgehead atoms. The molecule has 0 spiro atoms. The monoisotopic (exact) mass is 223 g/mol. The van der Waals surface area contributed by atoms with E-state index in [0.717, 1.165) is 23.1 Å². The van der Waals surface area contributed by atoms with Gasteiger partial charge in [0.05, 0.1) is 0 Å². The normalized spacial score (nSPS) is 10.9. The lowest BCUT2D eigenvalue weighted by molar-refractivity contribution is 0.615. The van der Waals surface area contributed by atoms with E-state index < -0.39 is 0 Å². The fraction of sp³-hybridized carbons (Fsp3) is 0.133. The van der Waals surface area contributed by atoms with Gasteiger partial charge in [0.15, 0.2) is 5.58 Å². The minimum atomic E-state index is 0.696. The second-order valence-corrected chi connectivity index (χ2v) is 4.00. The highest BCUT2D eigenvalue weighted by atomic mass is 16.3. The summed E-state index contributed by atoms with van der Waals surface area (Å²) in [6.07, 6.45) is 0.959. The van der Waals surface area contributed by atoms with Crippen LogP contribution in [0, 0.1) is 0 Å². The first-order valence-corrected chi connectivity index (χ1v) is 5.82. The first-order chi connectivity index (χ1) is 8.38. The van der Waals surface area contributed by atoms with Crippen molar-refractivity contribution in [2.45, 2.75) is 13.3 Å². The molecule has 1 heterocycles. The zero-order chi connectivity index (χ0) is 11.7. The molecule has 17 heavy (non-hydrogen) atoms. The third-order valence-corrected chi connectivity index (χ3v) is 2.90. The Balaban J connectivity index is 2.20. The standard InChI is InChI=1S/C15H13NO/c1-2-11-9-6-10-13-14(11)17-15(16-13)12-7-4-3-5-8-12/h3-10H,2H2,1H3. The summed E-state index contributed by atoms with van der Waals surface area (Å²) in [4.78, 5) is 4.52. The highest BCUT2D eigenvalue weighted by molar-refractivity contribution is 5.79. The molecule has 2 aromatic carbocycles. The van der Waals surface area contributed by atoms with Crippen molar-refractivity contribution in [3.63, 3.8) is 0 Å². The molecule has 0 radical (unpaired) electrons. The number of hydrogen-bond donors (Lipinski definition) is 0. The van der Waals surface area contributed by atoms with Gasteiger partial charge in [0.2, 0.25) is 5.89 Å². The Labute approximate surface area is 99.9 Å². The third-order valence-electron chi connectivity index (χ3n) is 2.90. The fourth-order valence-electron chi connectivity index (χ4n) is 1.99. The first-order valence-electron chi connectivity index (χ1n) is 5.82. The molecule has 0 atom stereocenters. The van der Waals surface area contributed by atoms with Crippen LogP contribution in [0.2, 0.25) is 0 Å². The molecule has 0 saturated carbocycles. The van der Waals surface area contributed by atoms with Crippen LogP contribution < -0.4 is 0 Å².